The van der Waals surface area contributed by atoms with Crippen molar-refractivity contribution in [2.24, 2.45) is 0 Å². The van der Waals surface area contributed by atoms with Gasteiger partial charge in [-0.25, -0.2) is 0 Å². The number of likely N-dealkylation sites (N-methyl/N-ethyl adjacent to an activating group) is 1. The number of likely N-dealkylation sites (tertiary alicyclic amines) is 1. The molecule has 1 aliphatic heterocycles. The van der Waals surface area contributed by atoms with Gasteiger partial charge in [0, 0.05) is 18.7 Å². The molecule has 1 saturated heterocycles. The van der Waals surface area contributed by atoms with Crippen molar-refractivity contribution in [1.29, 1.82) is 0 Å². The number of hydrogen-bond donors (Lipinski definition) is 1. The fourth-order valence-corrected chi connectivity index (χ4v) is 3.66. The largest absolute Gasteiger partial charge is 0.380 e. The number of carbonyl (C=O) groups is 1. The van der Waals surface area contributed by atoms with Crippen molar-refractivity contribution in [3.63, 3.8) is 0 Å². The van der Waals surface area contributed by atoms with Gasteiger partial charge in [-0.05, 0) is 50.4 Å². The van der Waals surface area contributed by atoms with Crippen molar-refractivity contribution in [2.45, 2.75) is 43.4 Å². The number of rotatable bonds is 4. The Morgan fingerprint density at radius 1 is 1.36 bits per heavy atom. The lowest BCUT2D eigenvalue weighted by Crippen LogP contribution is -2.55. The van der Waals surface area contributed by atoms with Crippen LogP contribution in [0.2, 0.25) is 5.02 Å². The number of nitrogens with zero attached hydrogens (tertiary/aromatic N) is 1. The molecule has 0 radical (unpaired) electrons. The highest BCUT2D eigenvalue weighted by Crippen LogP contribution is 2.41. The Kier molecular flexibility index (Phi) is 4.44. The van der Waals surface area contributed by atoms with Crippen LogP contribution in [0.5, 0.6) is 0 Å². The summed E-state index contributed by atoms with van der Waals surface area (Å²) in [5, 5.41) is 4.03. The molecule has 1 aliphatic carbocycles. The fourth-order valence-electron chi connectivity index (χ4n) is 3.53. The lowest BCUT2D eigenvalue weighted by molar-refractivity contribution is -0.128. The molecular formula is C17H23ClN2O2. The molecule has 0 aromatic heterocycles. The SMILES string of the molecule is CO[C@H]1C[C@@H](C(=O)NC2(c3ccc(Cl)cc3)CCC2)N(C)C1. The lowest BCUT2D eigenvalue weighted by Gasteiger charge is -2.44. The summed E-state index contributed by atoms with van der Waals surface area (Å²) in [5.74, 6) is 0.108. The van der Waals surface area contributed by atoms with E-state index in [9.17, 15) is 4.79 Å². The predicted molar refractivity (Wildman–Crippen MR) is 87.0 cm³/mol. The van der Waals surface area contributed by atoms with Crippen LogP contribution in [0.25, 0.3) is 0 Å². The highest BCUT2D eigenvalue weighted by Gasteiger charge is 2.43. The first-order valence-electron chi connectivity index (χ1n) is 7.85. The summed E-state index contributed by atoms with van der Waals surface area (Å²) in [5.41, 5.74) is 0.939. The number of halogens is 1. The molecule has 1 heterocycles. The Labute approximate surface area is 136 Å². The van der Waals surface area contributed by atoms with Gasteiger partial charge >= 0.3 is 0 Å². The van der Waals surface area contributed by atoms with Crippen molar-refractivity contribution < 1.29 is 9.53 Å². The van der Waals surface area contributed by atoms with Gasteiger partial charge in [0.05, 0.1) is 17.7 Å². The highest BCUT2D eigenvalue weighted by molar-refractivity contribution is 6.30. The van der Waals surface area contributed by atoms with Crippen LogP contribution in [0.15, 0.2) is 24.3 Å². The van der Waals surface area contributed by atoms with Crippen molar-refractivity contribution in [2.75, 3.05) is 20.7 Å². The minimum atomic E-state index is -0.215. The molecule has 0 bridgehead atoms. The number of nitrogens with one attached hydrogen (secondary N) is 1. The zero-order valence-electron chi connectivity index (χ0n) is 13.1. The molecule has 1 aromatic rings. The Balaban J connectivity index is 1.73. The molecule has 3 rings (SSSR count). The van der Waals surface area contributed by atoms with E-state index in [-0.39, 0.29) is 23.6 Å². The van der Waals surface area contributed by atoms with Crippen LogP contribution in [-0.4, -0.2) is 43.7 Å². The quantitative estimate of drug-likeness (QED) is 0.926. The Hall–Kier alpha value is -1.10. The molecule has 0 unspecified atom stereocenters. The van der Waals surface area contributed by atoms with E-state index in [0.717, 1.165) is 42.8 Å². The first-order valence-corrected chi connectivity index (χ1v) is 8.23. The van der Waals surface area contributed by atoms with Crippen LogP contribution in [0.4, 0.5) is 0 Å². The number of carbonyl (C=O) groups excluding carboxylic acids is 1. The lowest BCUT2D eigenvalue weighted by atomic mass is 9.71. The fraction of sp³-hybridized carbons (Fsp3) is 0.588. The van der Waals surface area contributed by atoms with Crippen LogP contribution >= 0.6 is 11.6 Å². The summed E-state index contributed by atoms with van der Waals surface area (Å²) in [7, 11) is 3.69. The summed E-state index contributed by atoms with van der Waals surface area (Å²) in [6.07, 6.45) is 4.03. The van der Waals surface area contributed by atoms with Gasteiger partial charge in [-0.2, -0.15) is 0 Å². The predicted octanol–water partition coefficient (Wildman–Crippen LogP) is 2.55. The Morgan fingerprint density at radius 2 is 2.05 bits per heavy atom. The normalized spacial score (nSPS) is 27.4. The summed E-state index contributed by atoms with van der Waals surface area (Å²) in [6.45, 7) is 0.808. The highest BCUT2D eigenvalue weighted by atomic mass is 35.5. The van der Waals surface area contributed by atoms with E-state index in [1.807, 2.05) is 31.3 Å². The molecule has 1 amide bonds. The second-order valence-corrected chi connectivity index (χ2v) is 6.92. The maximum Gasteiger partial charge on any atom is 0.238 e. The molecule has 2 aliphatic rings. The number of ether oxygens (including phenoxy) is 1. The molecule has 2 fully saturated rings. The Bertz CT molecular complexity index is 542. The molecule has 2 atom stereocenters. The average molecular weight is 323 g/mol. The average Bonchev–Trinajstić information content (AvgIpc) is 2.85. The second kappa shape index (κ2) is 6.19. The molecule has 0 spiro atoms. The van der Waals surface area contributed by atoms with E-state index in [0.29, 0.717) is 0 Å². The molecule has 1 aromatic carbocycles. The van der Waals surface area contributed by atoms with Gasteiger partial charge in [-0.15, -0.1) is 0 Å². The zero-order chi connectivity index (χ0) is 15.7. The van der Waals surface area contributed by atoms with Crippen LogP contribution in [0, 0.1) is 0 Å². The van der Waals surface area contributed by atoms with Gasteiger partial charge in [0.25, 0.3) is 0 Å². The van der Waals surface area contributed by atoms with Gasteiger partial charge in [-0.3, -0.25) is 9.69 Å². The molecule has 4 nitrogen and oxygen atoms in total. The van der Waals surface area contributed by atoms with E-state index >= 15 is 0 Å². The molecule has 1 N–H and O–H groups in total. The van der Waals surface area contributed by atoms with E-state index in [1.165, 1.54) is 0 Å². The third-order valence-corrected chi connectivity index (χ3v) is 5.36. The monoisotopic (exact) mass is 322 g/mol. The van der Waals surface area contributed by atoms with Crippen molar-refractivity contribution in [3.8, 4) is 0 Å². The first-order chi connectivity index (χ1) is 10.5. The smallest absolute Gasteiger partial charge is 0.238 e. The summed E-state index contributed by atoms with van der Waals surface area (Å²) >= 11 is 5.98. The molecule has 120 valence electrons. The number of amides is 1. The molecular weight excluding hydrogens is 300 g/mol. The van der Waals surface area contributed by atoms with Crippen LogP contribution in [0.1, 0.15) is 31.2 Å². The molecule has 22 heavy (non-hydrogen) atoms. The summed E-state index contributed by atoms with van der Waals surface area (Å²) in [4.78, 5) is 14.8. The minimum absolute atomic E-state index is 0.102. The molecule has 1 saturated carbocycles. The van der Waals surface area contributed by atoms with Crippen LogP contribution in [-0.2, 0) is 15.1 Å². The van der Waals surface area contributed by atoms with E-state index in [2.05, 4.69) is 10.2 Å². The van der Waals surface area contributed by atoms with Gasteiger partial charge < -0.3 is 10.1 Å². The van der Waals surface area contributed by atoms with Gasteiger partial charge in [-0.1, -0.05) is 23.7 Å². The summed E-state index contributed by atoms with van der Waals surface area (Å²) < 4.78 is 5.39. The number of benzene rings is 1. The van der Waals surface area contributed by atoms with E-state index < -0.39 is 0 Å². The van der Waals surface area contributed by atoms with Crippen LogP contribution < -0.4 is 5.32 Å². The topological polar surface area (TPSA) is 41.6 Å². The first kappa shape index (κ1) is 15.8. The molecule has 5 heteroatoms. The number of hydrogen-bond acceptors (Lipinski definition) is 3. The van der Waals surface area contributed by atoms with Crippen LogP contribution in [0.3, 0.4) is 0 Å². The maximum atomic E-state index is 12.7. The van der Waals surface area contributed by atoms with E-state index in [4.69, 9.17) is 16.3 Å². The number of methoxy groups -OCH3 is 1. The van der Waals surface area contributed by atoms with Gasteiger partial charge in [0.2, 0.25) is 5.91 Å². The van der Waals surface area contributed by atoms with Crippen molar-refractivity contribution in [3.05, 3.63) is 34.9 Å². The third-order valence-electron chi connectivity index (χ3n) is 5.11. The van der Waals surface area contributed by atoms with Gasteiger partial charge in [0.15, 0.2) is 0 Å². The standard InChI is InChI=1S/C17H23ClN2O2/c1-20-11-14(22-2)10-15(20)16(21)19-17(8-3-9-17)12-4-6-13(18)7-5-12/h4-7,14-15H,3,8-11H2,1-2H3,(H,19,21)/t14-,15-/m0/s1. The van der Waals surface area contributed by atoms with Gasteiger partial charge in [0.1, 0.15) is 0 Å². The second-order valence-electron chi connectivity index (χ2n) is 6.48. The Morgan fingerprint density at radius 3 is 2.55 bits per heavy atom. The maximum absolute atomic E-state index is 12.7. The van der Waals surface area contributed by atoms with E-state index in [1.54, 1.807) is 7.11 Å². The van der Waals surface area contributed by atoms with Crippen molar-refractivity contribution >= 4 is 17.5 Å². The zero-order valence-corrected chi connectivity index (χ0v) is 13.9. The minimum Gasteiger partial charge on any atom is -0.380 e. The summed E-state index contributed by atoms with van der Waals surface area (Å²) in [6, 6.07) is 7.74. The third kappa shape index (κ3) is 2.87. The van der Waals surface area contributed by atoms with Crippen molar-refractivity contribution in [1.82, 2.24) is 10.2 Å².